The van der Waals surface area contributed by atoms with E-state index in [0.717, 1.165) is 38.3 Å². The molecule has 1 heterocycles. The Bertz CT molecular complexity index is 339. The minimum Gasteiger partial charge on any atom is -0.481 e. The Hall–Kier alpha value is -0.570. The second kappa shape index (κ2) is 6.05. The van der Waals surface area contributed by atoms with Crippen LogP contribution < -0.4 is 0 Å². The molecule has 0 aromatic rings. The van der Waals surface area contributed by atoms with E-state index < -0.39 is 5.97 Å². The zero-order valence-corrected chi connectivity index (χ0v) is 13.6. The first-order valence-electron chi connectivity index (χ1n) is 8.26. The summed E-state index contributed by atoms with van der Waals surface area (Å²) in [5.41, 5.74) is 0.296. The summed E-state index contributed by atoms with van der Waals surface area (Å²) in [7, 11) is 0. The molecule has 3 atom stereocenters. The van der Waals surface area contributed by atoms with Gasteiger partial charge in [0.1, 0.15) is 0 Å². The normalized spacial score (nSPS) is 34.1. The second-order valence-electron chi connectivity index (χ2n) is 8.11. The number of piperidine rings is 1. The van der Waals surface area contributed by atoms with Gasteiger partial charge < -0.3 is 5.11 Å². The van der Waals surface area contributed by atoms with E-state index in [4.69, 9.17) is 0 Å². The molecule has 0 radical (unpaired) electrons. The Morgan fingerprint density at radius 1 is 1.10 bits per heavy atom. The summed E-state index contributed by atoms with van der Waals surface area (Å²) in [6, 6.07) is 0.262. The third kappa shape index (κ3) is 3.55. The van der Waals surface area contributed by atoms with E-state index in [-0.39, 0.29) is 12.0 Å². The molecular weight excluding hydrogens is 250 g/mol. The van der Waals surface area contributed by atoms with E-state index in [2.05, 4.69) is 32.6 Å². The molecule has 0 bridgehead atoms. The first-order chi connectivity index (χ1) is 9.29. The highest BCUT2D eigenvalue weighted by Crippen LogP contribution is 2.42. The van der Waals surface area contributed by atoms with Crippen LogP contribution in [0.15, 0.2) is 0 Å². The highest BCUT2D eigenvalue weighted by atomic mass is 16.4. The van der Waals surface area contributed by atoms with Crippen molar-refractivity contribution < 1.29 is 9.90 Å². The largest absolute Gasteiger partial charge is 0.481 e. The van der Waals surface area contributed by atoms with E-state index in [1.54, 1.807) is 0 Å². The molecule has 2 rings (SSSR count). The van der Waals surface area contributed by atoms with Gasteiger partial charge in [-0.3, -0.25) is 9.69 Å². The SMILES string of the molecule is CC1CCN(C2CC(C(C)(C)C)CCC2C(=O)O)CC1. The van der Waals surface area contributed by atoms with Crippen LogP contribution in [0, 0.1) is 23.2 Å². The van der Waals surface area contributed by atoms with Crippen molar-refractivity contribution in [3.05, 3.63) is 0 Å². The molecule has 116 valence electrons. The highest BCUT2D eigenvalue weighted by molar-refractivity contribution is 5.71. The van der Waals surface area contributed by atoms with Crippen molar-refractivity contribution in [1.29, 1.82) is 0 Å². The zero-order valence-electron chi connectivity index (χ0n) is 13.6. The van der Waals surface area contributed by atoms with Crippen LogP contribution in [0.3, 0.4) is 0 Å². The zero-order chi connectivity index (χ0) is 14.9. The number of carboxylic acids is 1. The summed E-state index contributed by atoms with van der Waals surface area (Å²) < 4.78 is 0. The number of likely N-dealkylation sites (tertiary alicyclic amines) is 1. The van der Waals surface area contributed by atoms with Gasteiger partial charge in [-0.1, -0.05) is 27.7 Å². The van der Waals surface area contributed by atoms with E-state index in [9.17, 15) is 9.90 Å². The Balaban J connectivity index is 2.09. The molecule has 2 fully saturated rings. The molecule has 3 heteroatoms. The minimum absolute atomic E-state index is 0.151. The fourth-order valence-corrected chi connectivity index (χ4v) is 3.99. The first kappa shape index (κ1) is 15.8. The summed E-state index contributed by atoms with van der Waals surface area (Å²) in [4.78, 5) is 14.1. The van der Waals surface area contributed by atoms with E-state index in [0.29, 0.717) is 11.3 Å². The van der Waals surface area contributed by atoms with Crippen LogP contribution in [-0.4, -0.2) is 35.1 Å². The summed E-state index contributed by atoms with van der Waals surface area (Å²) in [5, 5.41) is 9.55. The van der Waals surface area contributed by atoms with Crippen molar-refractivity contribution in [2.45, 2.75) is 65.8 Å². The van der Waals surface area contributed by atoms with Gasteiger partial charge in [-0.05, 0) is 62.4 Å². The van der Waals surface area contributed by atoms with Gasteiger partial charge >= 0.3 is 5.97 Å². The molecule has 3 unspecified atom stereocenters. The third-order valence-electron chi connectivity index (χ3n) is 5.65. The van der Waals surface area contributed by atoms with Gasteiger partial charge in [0.2, 0.25) is 0 Å². The van der Waals surface area contributed by atoms with Crippen LogP contribution in [0.5, 0.6) is 0 Å². The predicted octanol–water partition coefficient (Wildman–Crippen LogP) is 3.63. The third-order valence-corrected chi connectivity index (χ3v) is 5.65. The lowest BCUT2D eigenvalue weighted by molar-refractivity contribution is -0.147. The molecular formula is C17H31NO2. The van der Waals surface area contributed by atoms with Gasteiger partial charge in [0, 0.05) is 6.04 Å². The van der Waals surface area contributed by atoms with Crippen LogP contribution in [0.25, 0.3) is 0 Å². The van der Waals surface area contributed by atoms with E-state index in [1.165, 1.54) is 12.8 Å². The van der Waals surface area contributed by atoms with Gasteiger partial charge in [-0.2, -0.15) is 0 Å². The van der Waals surface area contributed by atoms with Crippen LogP contribution in [-0.2, 0) is 4.79 Å². The molecule has 0 aromatic heterocycles. The molecule has 1 aliphatic carbocycles. The molecule has 0 aromatic carbocycles. The maximum Gasteiger partial charge on any atom is 0.308 e. The van der Waals surface area contributed by atoms with Crippen molar-refractivity contribution in [3.8, 4) is 0 Å². The van der Waals surface area contributed by atoms with Gasteiger partial charge in [-0.25, -0.2) is 0 Å². The number of carboxylic acid groups (broad SMARTS) is 1. The fourth-order valence-electron chi connectivity index (χ4n) is 3.99. The van der Waals surface area contributed by atoms with E-state index in [1.807, 2.05) is 0 Å². The quantitative estimate of drug-likeness (QED) is 0.840. The molecule has 1 saturated heterocycles. The smallest absolute Gasteiger partial charge is 0.308 e. The maximum absolute atomic E-state index is 11.6. The van der Waals surface area contributed by atoms with Crippen LogP contribution >= 0.6 is 0 Å². The summed E-state index contributed by atoms with van der Waals surface area (Å²) in [6.45, 7) is 11.4. The number of nitrogens with zero attached hydrogens (tertiary/aromatic N) is 1. The average Bonchev–Trinajstić information content (AvgIpc) is 2.37. The van der Waals surface area contributed by atoms with Gasteiger partial charge in [-0.15, -0.1) is 0 Å². The monoisotopic (exact) mass is 281 g/mol. The maximum atomic E-state index is 11.6. The molecule has 3 nitrogen and oxygen atoms in total. The lowest BCUT2D eigenvalue weighted by atomic mass is 9.67. The Morgan fingerprint density at radius 3 is 2.20 bits per heavy atom. The standard InChI is InChI=1S/C17H31NO2/c1-12-7-9-18(10-8-12)15-11-13(17(2,3)4)5-6-14(15)16(19)20/h12-15H,5-11H2,1-4H3,(H,19,20). The predicted molar refractivity (Wildman–Crippen MR) is 81.7 cm³/mol. The number of hydrogen-bond acceptors (Lipinski definition) is 2. The van der Waals surface area contributed by atoms with Crippen molar-refractivity contribution >= 4 is 5.97 Å². The minimum atomic E-state index is -0.582. The van der Waals surface area contributed by atoms with Crippen molar-refractivity contribution in [1.82, 2.24) is 4.90 Å². The topological polar surface area (TPSA) is 40.5 Å². The first-order valence-corrected chi connectivity index (χ1v) is 8.26. The lowest BCUT2D eigenvalue weighted by Gasteiger charge is -2.46. The summed E-state index contributed by atoms with van der Waals surface area (Å²) >= 11 is 0. The van der Waals surface area contributed by atoms with Crippen molar-refractivity contribution in [2.75, 3.05) is 13.1 Å². The Morgan fingerprint density at radius 2 is 1.70 bits per heavy atom. The molecule has 0 amide bonds. The highest BCUT2D eigenvalue weighted by Gasteiger charge is 2.42. The number of rotatable bonds is 2. The number of carbonyl (C=O) groups is 1. The molecule has 1 N–H and O–H groups in total. The number of hydrogen-bond donors (Lipinski definition) is 1. The average molecular weight is 281 g/mol. The van der Waals surface area contributed by atoms with Crippen molar-refractivity contribution in [3.63, 3.8) is 0 Å². The van der Waals surface area contributed by atoms with Crippen molar-refractivity contribution in [2.24, 2.45) is 23.2 Å². The summed E-state index contributed by atoms with van der Waals surface area (Å²) in [5.74, 6) is 0.724. The second-order valence-corrected chi connectivity index (χ2v) is 8.11. The van der Waals surface area contributed by atoms with Gasteiger partial charge in [0.05, 0.1) is 5.92 Å². The Kier molecular flexibility index (Phi) is 4.78. The fraction of sp³-hybridized carbons (Fsp3) is 0.941. The molecule has 2 aliphatic rings. The number of aliphatic carboxylic acids is 1. The van der Waals surface area contributed by atoms with Crippen LogP contribution in [0.2, 0.25) is 0 Å². The van der Waals surface area contributed by atoms with E-state index >= 15 is 0 Å². The van der Waals surface area contributed by atoms with Gasteiger partial charge in [0.25, 0.3) is 0 Å². The van der Waals surface area contributed by atoms with Crippen LogP contribution in [0.1, 0.15) is 59.8 Å². The molecule has 1 aliphatic heterocycles. The lowest BCUT2D eigenvalue weighted by Crippen LogP contribution is -2.51. The van der Waals surface area contributed by atoms with Crippen LogP contribution in [0.4, 0.5) is 0 Å². The molecule has 20 heavy (non-hydrogen) atoms. The summed E-state index contributed by atoms with van der Waals surface area (Å²) in [6.07, 6.45) is 5.44. The van der Waals surface area contributed by atoms with Gasteiger partial charge in [0.15, 0.2) is 0 Å². The molecule has 1 saturated carbocycles. The Labute approximate surface area is 123 Å². The molecule has 0 spiro atoms.